The minimum atomic E-state index is -4.24. The van der Waals surface area contributed by atoms with Gasteiger partial charge in [0.2, 0.25) is 0 Å². The van der Waals surface area contributed by atoms with Gasteiger partial charge in [-0.15, -0.1) is 0 Å². The van der Waals surface area contributed by atoms with Gasteiger partial charge in [-0.2, -0.15) is 0 Å². The number of ether oxygens (including phenoxy) is 1. The summed E-state index contributed by atoms with van der Waals surface area (Å²) in [6.07, 6.45) is -1.01. The van der Waals surface area contributed by atoms with Gasteiger partial charge in [-0.3, -0.25) is 4.79 Å². The van der Waals surface area contributed by atoms with Gasteiger partial charge in [0.05, 0.1) is 4.90 Å². The number of hydrogen-bond donors (Lipinski definition) is 0. The Kier molecular flexibility index (Phi) is 6.07. The molecule has 1 aliphatic heterocycles. The average Bonchev–Trinajstić information content (AvgIpc) is 3.08. The summed E-state index contributed by atoms with van der Waals surface area (Å²) in [6.45, 7) is 3.63. The molecule has 0 bridgehead atoms. The Bertz CT molecular complexity index is 1260. The summed E-state index contributed by atoms with van der Waals surface area (Å²) in [4.78, 5) is 13.9. The first kappa shape index (κ1) is 22.8. The first-order valence-corrected chi connectivity index (χ1v) is 12.2. The molecular formula is C24H21Cl2NO4S. The third-order valence-corrected chi connectivity index (χ3v) is 7.97. The second kappa shape index (κ2) is 8.52. The molecule has 0 aliphatic carbocycles. The Morgan fingerprint density at radius 2 is 1.59 bits per heavy atom. The van der Waals surface area contributed by atoms with E-state index in [1.54, 1.807) is 67.6 Å². The molecule has 5 nitrogen and oxygen atoms in total. The molecule has 1 heterocycles. The summed E-state index contributed by atoms with van der Waals surface area (Å²) in [6, 6.07) is 19.7. The SMILES string of the molecule is CC[C@@]1(c2ccc(Cl)cc2)O[C@H](c2ccccc2Cl)N(S(=O)(=O)c2ccc(C)cc2)C1=O. The summed E-state index contributed by atoms with van der Waals surface area (Å²) in [5, 5.41) is 0.801. The predicted molar refractivity (Wildman–Crippen MR) is 124 cm³/mol. The van der Waals surface area contributed by atoms with Gasteiger partial charge < -0.3 is 4.74 Å². The molecule has 1 amide bonds. The van der Waals surface area contributed by atoms with Gasteiger partial charge in [0.1, 0.15) is 0 Å². The normalized spacial score (nSPS) is 21.2. The number of benzene rings is 3. The maximum atomic E-state index is 13.9. The highest BCUT2D eigenvalue weighted by Gasteiger charge is 2.58. The van der Waals surface area contributed by atoms with Crippen molar-refractivity contribution in [2.75, 3.05) is 0 Å². The molecule has 1 saturated heterocycles. The van der Waals surface area contributed by atoms with E-state index >= 15 is 0 Å². The number of nitrogens with zero attached hydrogens (tertiary/aromatic N) is 1. The lowest BCUT2D eigenvalue weighted by Gasteiger charge is -2.25. The van der Waals surface area contributed by atoms with Crippen LogP contribution in [0.3, 0.4) is 0 Å². The number of carbonyl (C=O) groups is 1. The average molecular weight is 490 g/mol. The fourth-order valence-corrected chi connectivity index (χ4v) is 5.68. The Morgan fingerprint density at radius 1 is 0.969 bits per heavy atom. The molecule has 2 atom stereocenters. The van der Waals surface area contributed by atoms with Crippen LogP contribution in [-0.4, -0.2) is 18.6 Å². The van der Waals surface area contributed by atoms with Crippen LogP contribution in [0.25, 0.3) is 0 Å². The van der Waals surface area contributed by atoms with Crippen LogP contribution in [0.4, 0.5) is 0 Å². The largest absolute Gasteiger partial charge is 0.332 e. The highest BCUT2D eigenvalue weighted by Crippen LogP contribution is 2.49. The van der Waals surface area contributed by atoms with E-state index in [0.29, 0.717) is 21.2 Å². The minimum Gasteiger partial charge on any atom is -0.332 e. The van der Waals surface area contributed by atoms with Crippen LogP contribution in [0.1, 0.15) is 36.3 Å². The van der Waals surface area contributed by atoms with Gasteiger partial charge in [-0.1, -0.05) is 78.2 Å². The van der Waals surface area contributed by atoms with Gasteiger partial charge in [-0.05, 0) is 49.2 Å². The minimum absolute atomic E-state index is 0.000104. The van der Waals surface area contributed by atoms with Crippen LogP contribution in [0.15, 0.2) is 77.7 Å². The summed E-state index contributed by atoms with van der Waals surface area (Å²) < 4.78 is 34.5. The van der Waals surface area contributed by atoms with E-state index in [9.17, 15) is 13.2 Å². The lowest BCUT2D eigenvalue weighted by molar-refractivity contribution is -0.137. The number of amides is 1. The van der Waals surface area contributed by atoms with Gasteiger partial charge in [-0.25, -0.2) is 12.7 Å². The molecule has 3 aromatic rings. The van der Waals surface area contributed by atoms with Gasteiger partial charge in [0.25, 0.3) is 15.9 Å². The van der Waals surface area contributed by atoms with E-state index in [0.717, 1.165) is 9.87 Å². The van der Waals surface area contributed by atoms with Gasteiger partial charge in [0.15, 0.2) is 11.8 Å². The van der Waals surface area contributed by atoms with Crippen molar-refractivity contribution in [1.82, 2.24) is 4.31 Å². The fourth-order valence-electron chi connectivity index (χ4n) is 3.85. The monoisotopic (exact) mass is 489 g/mol. The van der Waals surface area contributed by atoms with Crippen LogP contribution < -0.4 is 0 Å². The molecule has 4 rings (SSSR count). The highest BCUT2D eigenvalue weighted by atomic mass is 35.5. The third kappa shape index (κ3) is 3.71. The fraction of sp³-hybridized carbons (Fsp3) is 0.208. The van der Waals surface area contributed by atoms with E-state index in [1.807, 2.05) is 6.92 Å². The molecule has 3 aromatic carbocycles. The molecule has 0 spiro atoms. The van der Waals surface area contributed by atoms with E-state index in [2.05, 4.69) is 0 Å². The quantitative estimate of drug-likeness (QED) is 0.450. The summed E-state index contributed by atoms with van der Waals surface area (Å²) in [5.41, 5.74) is 0.307. The summed E-state index contributed by atoms with van der Waals surface area (Å²) >= 11 is 12.4. The van der Waals surface area contributed by atoms with Crippen LogP contribution in [0.2, 0.25) is 10.0 Å². The van der Waals surface area contributed by atoms with Gasteiger partial charge in [0, 0.05) is 15.6 Å². The van der Waals surface area contributed by atoms with Crippen molar-refractivity contribution in [3.05, 3.63) is 99.5 Å². The second-order valence-electron chi connectivity index (χ2n) is 7.60. The molecule has 0 unspecified atom stereocenters. The number of halogens is 2. The zero-order valence-corrected chi connectivity index (χ0v) is 19.8. The van der Waals surface area contributed by atoms with Crippen LogP contribution in [0, 0.1) is 6.92 Å². The lowest BCUT2D eigenvalue weighted by Crippen LogP contribution is -2.41. The molecule has 0 saturated carbocycles. The molecule has 0 N–H and O–H groups in total. The maximum absolute atomic E-state index is 13.9. The molecular weight excluding hydrogens is 469 g/mol. The van der Waals surface area contributed by atoms with Crippen LogP contribution >= 0.6 is 23.2 Å². The number of sulfonamides is 1. The molecule has 0 aromatic heterocycles. The van der Waals surface area contributed by atoms with E-state index in [-0.39, 0.29) is 11.3 Å². The zero-order chi connectivity index (χ0) is 23.1. The van der Waals surface area contributed by atoms with Crippen LogP contribution in [-0.2, 0) is 25.2 Å². The zero-order valence-electron chi connectivity index (χ0n) is 17.5. The third-order valence-electron chi connectivity index (χ3n) is 5.63. The van der Waals surface area contributed by atoms with E-state index < -0.39 is 27.8 Å². The van der Waals surface area contributed by atoms with Crippen molar-refractivity contribution in [2.24, 2.45) is 0 Å². The Balaban J connectivity index is 1.92. The maximum Gasteiger partial charge on any atom is 0.275 e. The van der Waals surface area contributed by atoms with Crippen molar-refractivity contribution in [3.8, 4) is 0 Å². The predicted octanol–water partition coefficient (Wildman–Crippen LogP) is 5.85. The summed E-state index contributed by atoms with van der Waals surface area (Å²) in [5.74, 6) is -0.673. The molecule has 32 heavy (non-hydrogen) atoms. The Labute approximate surface area is 197 Å². The number of carbonyl (C=O) groups excluding carboxylic acids is 1. The van der Waals surface area contributed by atoms with Crippen molar-refractivity contribution in [1.29, 1.82) is 0 Å². The molecule has 1 aliphatic rings. The molecule has 166 valence electrons. The molecule has 1 fully saturated rings. The smallest absolute Gasteiger partial charge is 0.275 e. The van der Waals surface area contributed by atoms with Crippen molar-refractivity contribution < 1.29 is 17.9 Å². The number of rotatable bonds is 5. The van der Waals surface area contributed by atoms with Crippen molar-refractivity contribution >= 4 is 39.1 Å². The second-order valence-corrected chi connectivity index (χ2v) is 10.3. The number of aryl methyl sites for hydroxylation is 1. The summed E-state index contributed by atoms with van der Waals surface area (Å²) in [7, 11) is -4.24. The lowest BCUT2D eigenvalue weighted by atomic mass is 9.90. The first-order chi connectivity index (χ1) is 15.2. The van der Waals surface area contributed by atoms with E-state index in [4.69, 9.17) is 27.9 Å². The molecule has 0 radical (unpaired) electrons. The Hall–Kier alpha value is -2.38. The van der Waals surface area contributed by atoms with Crippen molar-refractivity contribution in [2.45, 2.75) is 37.0 Å². The first-order valence-electron chi connectivity index (χ1n) is 10.0. The van der Waals surface area contributed by atoms with Gasteiger partial charge >= 0.3 is 0 Å². The number of hydrogen-bond acceptors (Lipinski definition) is 4. The topological polar surface area (TPSA) is 63.7 Å². The Morgan fingerprint density at radius 3 is 2.19 bits per heavy atom. The molecule has 8 heteroatoms. The van der Waals surface area contributed by atoms with Crippen LogP contribution in [0.5, 0.6) is 0 Å². The highest BCUT2D eigenvalue weighted by molar-refractivity contribution is 7.89. The van der Waals surface area contributed by atoms with E-state index in [1.165, 1.54) is 12.1 Å². The standard InChI is InChI=1S/C24H21Cl2NO4S/c1-3-24(17-10-12-18(25)13-11-17)23(28)27(22(31-24)20-6-4-5-7-21(20)26)32(29,30)19-14-8-16(2)9-15-19/h4-15,22H,3H2,1-2H3/t22-,24+/m1/s1. The van der Waals surface area contributed by atoms with Crippen molar-refractivity contribution in [3.63, 3.8) is 0 Å².